The highest BCUT2D eigenvalue weighted by Crippen LogP contribution is 1.88. The van der Waals surface area contributed by atoms with Crippen molar-refractivity contribution in [2.45, 2.75) is 0 Å². The summed E-state index contributed by atoms with van der Waals surface area (Å²) in [6.07, 6.45) is 3.04. The maximum Gasteiger partial charge on any atom is 0.332 e. The van der Waals surface area contributed by atoms with Crippen molar-refractivity contribution in [1.82, 2.24) is 4.90 Å². The van der Waals surface area contributed by atoms with Gasteiger partial charge in [-0.25, -0.2) is 0 Å². The van der Waals surface area contributed by atoms with Gasteiger partial charge in [0.25, 0.3) is 0 Å². The molecule has 0 aliphatic carbocycles. The molecule has 0 atom stereocenters. The monoisotopic (exact) mass is 139 g/mol. The third-order valence-electron chi connectivity index (χ3n) is 0.828. The molecule has 0 fully saturated rings. The van der Waals surface area contributed by atoms with Crippen molar-refractivity contribution < 1.29 is 4.65 Å². The molecule has 0 saturated heterocycles. The molecule has 1 radical (unpaired) electrons. The minimum absolute atomic E-state index is 0.743. The van der Waals surface area contributed by atoms with Crippen molar-refractivity contribution in [3.8, 4) is 0 Å². The third kappa shape index (κ3) is 4.15. The number of allylic oxidation sites excluding steroid dienone is 1. The van der Waals surface area contributed by atoms with Crippen LogP contribution in [-0.4, -0.2) is 39.8 Å². The number of rotatable bonds is 4. The Morgan fingerprint density at radius 1 is 1.60 bits per heavy atom. The minimum atomic E-state index is 0.743. The molecule has 10 heavy (non-hydrogen) atoms. The molecular formula is C6H12BN2O. The Hall–Kier alpha value is -0.765. The summed E-state index contributed by atoms with van der Waals surface area (Å²) >= 11 is 0. The van der Waals surface area contributed by atoms with Crippen LogP contribution in [0.3, 0.4) is 0 Å². The average molecular weight is 139 g/mol. The highest BCUT2D eigenvalue weighted by atomic mass is 16.4. The van der Waals surface area contributed by atoms with Crippen LogP contribution >= 0.6 is 0 Å². The van der Waals surface area contributed by atoms with E-state index in [0.29, 0.717) is 0 Å². The molecule has 0 unspecified atom stereocenters. The number of hydrogen-bond donors (Lipinski definition) is 1. The van der Waals surface area contributed by atoms with E-state index >= 15 is 0 Å². The Morgan fingerprint density at radius 3 is 2.50 bits per heavy atom. The third-order valence-corrected chi connectivity index (χ3v) is 0.828. The molecule has 0 amide bonds. The van der Waals surface area contributed by atoms with Gasteiger partial charge in [0, 0.05) is 27.4 Å². The van der Waals surface area contributed by atoms with E-state index < -0.39 is 0 Å². The molecule has 1 N–H and O–H groups in total. The van der Waals surface area contributed by atoms with Gasteiger partial charge in [-0.2, -0.15) is 0 Å². The summed E-state index contributed by atoms with van der Waals surface area (Å²) in [5.41, 5.74) is 0.743. The maximum atomic E-state index is 6.93. The zero-order valence-corrected chi connectivity index (χ0v) is 6.59. The Labute approximate surface area is 62.5 Å². The first-order chi connectivity index (χ1) is 4.70. The van der Waals surface area contributed by atoms with Crippen LogP contribution in [0.1, 0.15) is 0 Å². The van der Waals surface area contributed by atoms with Crippen molar-refractivity contribution in [3.05, 3.63) is 11.7 Å². The molecule has 0 aliphatic rings. The fourth-order valence-corrected chi connectivity index (χ4v) is 0.536. The maximum absolute atomic E-state index is 6.93. The fourth-order valence-electron chi connectivity index (χ4n) is 0.536. The Balaban J connectivity index is 3.90. The van der Waals surface area contributed by atoms with E-state index in [1.807, 2.05) is 19.0 Å². The van der Waals surface area contributed by atoms with E-state index in [0.717, 1.165) is 5.47 Å². The van der Waals surface area contributed by atoms with Gasteiger partial charge >= 0.3 is 7.48 Å². The van der Waals surface area contributed by atoms with E-state index in [-0.39, 0.29) is 0 Å². The first-order valence-electron chi connectivity index (χ1n) is 2.95. The predicted molar refractivity (Wildman–Crippen MR) is 43.3 cm³/mol. The second-order valence-electron chi connectivity index (χ2n) is 2.09. The van der Waals surface area contributed by atoms with E-state index in [9.17, 15) is 0 Å². The lowest BCUT2D eigenvalue weighted by molar-refractivity contribution is 0.447. The predicted octanol–water partition coefficient (Wildman–Crippen LogP) is 0.305. The molecule has 0 bridgehead atoms. The zero-order valence-electron chi connectivity index (χ0n) is 6.59. The lowest BCUT2D eigenvalue weighted by atomic mass is 9.89. The summed E-state index contributed by atoms with van der Waals surface area (Å²) in [4.78, 5) is 1.86. The molecule has 0 aromatic carbocycles. The van der Waals surface area contributed by atoms with Crippen LogP contribution in [-0.2, 0) is 4.65 Å². The smallest absolute Gasteiger partial charge is 0.332 e. The average Bonchev–Trinajstić information content (AvgIpc) is 1.86. The van der Waals surface area contributed by atoms with Gasteiger partial charge in [0.1, 0.15) is 0 Å². The van der Waals surface area contributed by atoms with Gasteiger partial charge in [-0.3, -0.25) is 0 Å². The SMILES string of the molecule is CO[B]/C(C=N)=C/N(C)C. The van der Waals surface area contributed by atoms with E-state index in [1.165, 1.54) is 13.7 Å². The second kappa shape index (κ2) is 5.05. The fraction of sp³-hybridized carbons (Fsp3) is 0.500. The number of nitrogens with zero attached hydrogens (tertiary/aromatic N) is 1. The first-order valence-corrected chi connectivity index (χ1v) is 2.95. The molecule has 3 nitrogen and oxygen atoms in total. The summed E-state index contributed by atoms with van der Waals surface area (Å²) in [7, 11) is 6.87. The van der Waals surface area contributed by atoms with Crippen LogP contribution in [0.25, 0.3) is 0 Å². The van der Waals surface area contributed by atoms with Gasteiger partial charge in [-0.15, -0.1) is 0 Å². The lowest BCUT2D eigenvalue weighted by Gasteiger charge is -2.05. The van der Waals surface area contributed by atoms with Crippen LogP contribution in [0.2, 0.25) is 0 Å². The Kier molecular flexibility index (Phi) is 4.67. The molecule has 0 heterocycles. The molecule has 0 aliphatic heterocycles. The molecule has 0 saturated carbocycles. The van der Waals surface area contributed by atoms with Crippen molar-refractivity contribution in [3.63, 3.8) is 0 Å². The van der Waals surface area contributed by atoms with Gasteiger partial charge < -0.3 is 15.0 Å². The Morgan fingerprint density at radius 2 is 2.20 bits per heavy atom. The highest BCUT2D eigenvalue weighted by molar-refractivity contribution is 6.45. The molecule has 0 aromatic heterocycles. The summed E-state index contributed by atoms with van der Waals surface area (Å²) < 4.78 is 4.72. The minimum Gasteiger partial charge on any atom is -0.437 e. The topological polar surface area (TPSA) is 36.3 Å². The first kappa shape index (κ1) is 9.23. The largest absolute Gasteiger partial charge is 0.437 e. The zero-order chi connectivity index (χ0) is 7.98. The van der Waals surface area contributed by atoms with Gasteiger partial charge in [0.15, 0.2) is 0 Å². The van der Waals surface area contributed by atoms with Crippen LogP contribution in [0.5, 0.6) is 0 Å². The summed E-state index contributed by atoms with van der Waals surface area (Å²) in [5.74, 6) is 0. The lowest BCUT2D eigenvalue weighted by Crippen LogP contribution is -2.08. The standard InChI is InChI=1S/C6H12BN2O/c1-9(2)5-6(4-8)7-10-3/h4-5,8H,1-3H3/b6-5+,8-4?. The van der Waals surface area contributed by atoms with E-state index in [4.69, 9.17) is 10.1 Å². The molecule has 0 spiro atoms. The number of hydrogen-bond acceptors (Lipinski definition) is 3. The van der Waals surface area contributed by atoms with Crippen molar-refractivity contribution in [2.75, 3.05) is 21.2 Å². The molecule has 0 aromatic rings. The van der Waals surface area contributed by atoms with Crippen molar-refractivity contribution in [1.29, 1.82) is 5.41 Å². The van der Waals surface area contributed by atoms with Gasteiger partial charge in [0.2, 0.25) is 0 Å². The summed E-state index contributed by atoms with van der Waals surface area (Å²) in [6.45, 7) is 0. The van der Waals surface area contributed by atoms with Crippen LogP contribution in [0.4, 0.5) is 0 Å². The van der Waals surface area contributed by atoms with Gasteiger partial charge in [-0.1, -0.05) is 0 Å². The molecular weight excluding hydrogens is 127 g/mol. The highest BCUT2D eigenvalue weighted by Gasteiger charge is 1.94. The summed E-state index contributed by atoms with van der Waals surface area (Å²) in [6, 6.07) is 0. The van der Waals surface area contributed by atoms with Crippen molar-refractivity contribution in [2.24, 2.45) is 0 Å². The molecule has 55 valence electrons. The van der Waals surface area contributed by atoms with Gasteiger partial charge in [-0.05, 0) is 11.7 Å². The van der Waals surface area contributed by atoms with Crippen LogP contribution < -0.4 is 0 Å². The van der Waals surface area contributed by atoms with Crippen LogP contribution in [0, 0.1) is 5.41 Å². The second-order valence-corrected chi connectivity index (χ2v) is 2.09. The van der Waals surface area contributed by atoms with E-state index in [1.54, 1.807) is 13.3 Å². The van der Waals surface area contributed by atoms with Crippen molar-refractivity contribution >= 4 is 13.7 Å². The molecule has 4 heteroatoms. The molecule has 0 rings (SSSR count). The van der Waals surface area contributed by atoms with Gasteiger partial charge in [0.05, 0.1) is 0 Å². The number of nitrogens with one attached hydrogen (secondary N) is 1. The summed E-state index contributed by atoms with van der Waals surface area (Å²) in [5, 5.41) is 6.93. The van der Waals surface area contributed by atoms with E-state index in [2.05, 4.69) is 0 Å². The normalized spacial score (nSPS) is 10.9. The Bertz CT molecular complexity index is 134. The quantitative estimate of drug-likeness (QED) is 0.449. The van der Waals surface area contributed by atoms with Crippen LogP contribution in [0.15, 0.2) is 11.7 Å².